The van der Waals surface area contributed by atoms with E-state index in [1.165, 1.54) is 0 Å². The minimum absolute atomic E-state index is 0.0820. The fourth-order valence-electron chi connectivity index (χ4n) is 2.74. The van der Waals surface area contributed by atoms with E-state index in [9.17, 15) is 4.79 Å². The molecule has 0 bridgehead atoms. The van der Waals surface area contributed by atoms with Crippen molar-refractivity contribution in [2.75, 3.05) is 19.7 Å². The Balaban J connectivity index is 1.60. The number of hydrogen-bond donors (Lipinski definition) is 1. The van der Waals surface area contributed by atoms with Gasteiger partial charge in [-0.15, -0.1) is 0 Å². The minimum atomic E-state index is -0.592. The molecule has 0 aliphatic carbocycles. The van der Waals surface area contributed by atoms with Crippen LogP contribution in [0, 0.1) is 0 Å². The number of carbonyl (C=O) groups excluding carboxylic acids is 1. The third-order valence-corrected chi connectivity index (χ3v) is 4.00. The molecule has 1 fully saturated rings. The molecule has 25 heavy (non-hydrogen) atoms. The van der Waals surface area contributed by atoms with Gasteiger partial charge in [-0.2, -0.15) is 5.10 Å². The third-order valence-electron chi connectivity index (χ3n) is 4.00. The Morgan fingerprint density at radius 1 is 1.56 bits per heavy atom. The predicted octanol–water partition coefficient (Wildman–Crippen LogP) is 1.52. The number of aromatic nitrogens is 4. The molecule has 2 atom stereocenters. The van der Waals surface area contributed by atoms with E-state index in [0.29, 0.717) is 31.3 Å². The first-order valence-corrected chi connectivity index (χ1v) is 8.55. The first-order chi connectivity index (χ1) is 12.2. The number of amides is 1. The van der Waals surface area contributed by atoms with Crippen molar-refractivity contribution in [1.29, 1.82) is 0 Å². The number of pyridine rings is 1. The Morgan fingerprint density at radius 3 is 3.20 bits per heavy atom. The van der Waals surface area contributed by atoms with Gasteiger partial charge in [-0.1, -0.05) is 6.92 Å². The molecule has 134 valence electrons. The molecular formula is C17H23N5O3. The Hall–Kier alpha value is -2.48. The second-order valence-corrected chi connectivity index (χ2v) is 5.98. The first-order valence-electron chi connectivity index (χ1n) is 8.55. The molecule has 3 rings (SSSR count). The predicted molar refractivity (Wildman–Crippen MR) is 90.0 cm³/mol. The molecule has 0 radical (unpaired) electrons. The van der Waals surface area contributed by atoms with Crippen LogP contribution in [0.15, 0.2) is 24.5 Å². The zero-order valence-corrected chi connectivity index (χ0v) is 14.5. The fraction of sp³-hybridized carbons (Fsp3) is 0.529. The van der Waals surface area contributed by atoms with E-state index in [0.717, 1.165) is 18.7 Å². The van der Waals surface area contributed by atoms with Crippen molar-refractivity contribution >= 4 is 5.91 Å². The summed E-state index contributed by atoms with van der Waals surface area (Å²) in [6.07, 6.45) is 4.19. The van der Waals surface area contributed by atoms with Crippen LogP contribution in [0.4, 0.5) is 0 Å². The molecule has 1 amide bonds. The highest BCUT2D eigenvalue weighted by Crippen LogP contribution is 2.20. The Kier molecular flexibility index (Phi) is 5.60. The highest BCUT2D eigenvalue weighted by atomic mass is 16.5. The van der Waals surface area contributed by atoms with Gasteiger partial charge in [-0.25, -0.2) is 4.98 Å². The zero-order chi connectivity index (χ0) is 17.6. The molecule has 0 saturated carbocycles. The van der Waals surface area contributed by atoms with Crippen LogP contribution in [-0.4, -0.2) is 56.8 Å². The molecule has 0 unspecified atom stereocenters. The molecule has 1 N–H and O–H groups in total. The van der Waals surface area contributed by atoms with E-state index < -0.39 is 6.10 Å². The van der Waals surface area contributed by atoms with Gasteiger partial charge in [0.25, 0.3) is 5.91 Å². The lowest BCUT2D eigenvalue weighted by atomic mass is 10.2. The second-order valence-electron chi connectivity index (χ2n) is 5.98. The smallest absolute Gasteiger partial charge is 0.263 e. The number of hydrogen-bond acceptors (Lipinski definition) is 6. The van der Waals surface area contributed by atoms with Gasteiger partial charge in [0.2, 0.25) is 0 Å². The highest BCUT2D eigenvalue weighted by molar-refractivity contribution is 5.81. The van der Waals surface area contributed by atoms with Crippen LogP contribution in [0.2, 0.25) is 0 Å². The summed E-state index contributed by atoms with van der Waals surface area (Å²) in [5.41, 5.74) is 0. The zero-order valence-electron chi connectivity index (χ0n) is 14.5. The summed E-state index contributed by atoms with van der Waals surface area (Å²) in [6, 6.07) is 3.55. The van der Waals surface area contributed by atoms with Crippen molar-refractivity contribution in [3.8, 4) is 5.75 Å². The van der Waals surface area contributed by atoms with Crippen LogP contribution in [0.5, 0.6) is 5.75 Å². The van der Waals surface area contributed by atoms with Crippen LogP contribution in [0.3, 0.4) is 0 Å². The van der Waals surface area contributed by atoms with Gasteiger partial charge < -0.3 is 14.4 Å². The van der Waals surface area contributed by atoms with Crippen LogP contribution in [0.25, 0.3) is 0 Å². The molecule has 3 heterocycles. The summed E-state index contributed by atoms with van der Waals surface area (Å²) in [7, 11) is 0. The average Bonchev–Trinajstić information content (AvgIpc) is 3.11. The first kappa shape index (κ1) is 17.3. The van der Waals surface area contributed by atoms with Gasteiger partial charge in [0, 0.05) is 19.2 Å². The van der Waals surface area contributed by atoms with Crippen molar-refractivity contribution in [1.82, 2.24) is 25.1 Å². The van der Waals surface area contributed by atoms with Crippen molar-refractivity contribution < 1.29 is 14.3 Å². The third kappa shape index (κ3) is 4.33. The molecule has 8 nitrogen and oxygen atoms in total. The number of H-pyrrole nitrogens is 1. The second kappa shape index (κ2) is 8.06. The maximum Gasteiger partial charge on any atom is 0.263 e. The number of aromatic amines is 1. The highest BCUT2D eigenvalue weighted by Gasteiger charge is 2.31. The molecule has 1 aliphatic rings. The molecule has 0 spiro atoms. The van der Waals surface area contributed by atoms with E-state index >= 15 is 0 Å². The van der Waals surface area contributed by atoms with Crippen molar-refractivity contribution in [3.05, 3.63) is 36.2 Å². The molecular weight excluding hydrogens is 322 g/mol. The number of carbonyl (C=O) groups is 1. The summed E-state index contributed by atoms with van der Waals surface area (Å²) in [4.78, 5) is 22.9. The molecule has 8 heteroatoms. The summed E-state index contributed by atoms with van der Waals surface area (Å²) < 4.78 is 11.4. The SMILES string of the molecule is CCCc1nc([C@H]2CN(C(=O)[C@@H](C)Oc3cccnc3)CCO2)n[nH]1. The van der Waals surface area contributed by atoms with Crippen LogP contribution in [-0.2, 0) is 16.0 Å². The van der Waals surface area contributed by atoms with Gasteiger partial charge in [0.1, 0.15) is 17.7 Å². The van der Waals surface area contributed by atoms with Crippen molar-refractivity contribution in [2.24, 2.45) is 0 Å². The summed E-state index contributed by atoms with van der Waals surface area (Å²) in [5, 5.41) is 7.15. The number of aryl methyl sites for hydroxylation is 1. The van der Waals surface area contributed by atoms with Crippen LogP contribution >= 0.6 is 0 Å². The number of nitrogens with zero attached hydrogens (tertiary/aromatic N) is 4. The van der Waals surface area contributed by atoms with Gasteiger partial charge in [0.05, 0.1) is 19.3 Å². The fourth-order valence-corrected chi connectivity index (χ4v) is 2.74. The summed E-state index contributed by atoms with van der Waals surface area (Å²) in [5.74, 6) is 1.94. The number of ether oxygens (including phenoxy) is 2. The van der Waals surface area contributed by atoms with Crippen molar-refractivity contribution in [2.45, 2.75) is 38.9 Å². The molecule has 1 saturated heterocycles. The molecule has 2 aromatic heterocycles. The van der Waals surface area contributed by atoms with Crippen LogP contribution < -0.4 is 4.74 Å². The van der Waals surface area contributed by atoms with Gasteiger partial charge in [-0.3, -0.25) is 14.9 Å². The minimum Gasteiger partial charge on any atom is -0.479 e. The van der Waals surface area contributed by atoms with Crippen molar-refractivity contribution in [3.63, 3.8) is 0 Å². The lowest BCUT2D eigenvalue weighted by molar-refractivity contribution is -0.146. The maximum absolute atomic E-state index is 12.7. The van der Waals surface area contributed by atoms with E-state index in [-0.39, 0.29) is 12.0 Å². The topological polar surface area (TPSA) is 93.2 Å². The van der Waals surface area contributed by atoms with Gasteiger partial charge in [-0.05, 0) is 25.5 Å². The van der Waals surface area contributed by atoms with E-state index in [2.05, 4.69) is 27.1 Å². The lowest BCUT2D eigenvalue weighted by Crippen LogP contribution is -2.47. The quantitative estimate of drug-likeness (QED) is 0.853. The standard InChI is InChI=1S/C17H23N5O3/c1-3-5-15-19-16(21-20-15)14-11-22(8-9-24-14)17(23)12(2)25-13-6-4-7-18-10-13/h4,6-7,10,12,14H,3,5,8-9,11H2,1-2H3,(H,19,20,21)/t12-,14-/m1/s1. The Bertz CT molecular complexity index is 691. The number of morpholine rings is 1. The van der Waals surface area contributed by atoms with E-state index in [4.69, 9.17) is 9.47 Å². The van der Waals surface area contributed by atoms with E-state index in [1.807, 2.05) is 0 Å². The monoisotopic (exact) mass is 345 g/mol. The summed E-state index contributed by atoms with van der Waals surface area (Å²) in [6.45, 7) is 5.23. The normalized spacial score (nSPS) is 18.8. The maximum atomic E-state index is 12.7. The van der Waals surface area contributed by atoms with Gasteiger partial charge in [0.15, 0.2) is 11.9 Å². The molecule has 0 aromatic carbocycles. The lowest BCUT2D eigenvalue weighted by Gasteiger charge is -2.33. The molecule has 1 aliphatic heterocycles. The average molecular weight is 345 g/mol. The molecule has 2 aromatic rings. The number of nitrogens with one attached hydrogen (secondary N) is 1. The van der Waals surface area contributed by atoms with Gasteiger partial charge >= 0.3 is 0 Å². The largest absolute Gasteiger partial charge is 0.479 e. The Labute approximate surface area is 146 Å². The summed E-state index contributed by atoms with van der Waals surface area (Å²) >= 11 is 0. The Morgan fingerprint density at radius 2 is 2.44 bits per heavy atom. The van der Waals surface area contributed by atoms with E-state index in [1.54, 1.807) is 36.4 Å². The van der Waals surface area contributed by atoms with Crippen LogP contribution in [0.1, 0.15) is 38.0 Å². The number of rotatable bonds is 6.